The van der Waals surface area contributed by atoms with Crippen LogP contribution in [-0.2, 0) is 6.42 Å². The lowest BCUT2D eigenvalue weighted by Gasteiger charge is -2.30. The van der Waals surface area contributed by atoms with Gasteiger partial charge in [0, 0.05) is 17.1 Å². The van der Waals surface area contributed by atoms with Gasteiger partial charge < -0.3 is 10.2 Å². The number of hydrogen-bond acceptors (Lipinski definition) is 4. The first kappa shape index (κ1) is 14.1. The molecule has 3 nitrogen and oxygen atoms in total. The van der Waals surface area contributed by atoms with Crippen molar-refractivity contribution in [3.63, 3.8) is 0 Å². The lowest BCUT2D eigenvalue weighted by Crippen LogP contribution is -2.28. The van der Waals surface area contributed by atoms with E-state index >= 15 is 0 Å². The summed E-state index contributed by atoms with van der Waals surface area (Å²) in [7, 11) is 2.00. The molecule has 1 unspecified atom stereocenters. The molecule has 1 N–H and O–H groups in total. The van der Waals surface area contributed by atoms with Gasteiger partial charge >= 0.3 is 0 Å². The van der Waals surface area contributed by atoms with Crippen LogP contribution in [0.2, 0.25) is 0 Å². The monoisotopic (exact) mass is 297 g/mol. The highest BCUT2D eigenvalue weighted by Crippen LogP contribution is 2.38. The fraction of sp³-hybridized carbons (Fsp3) is 0.353. The Bertz CT molecular complexity index is 643. The number of rotatable bonds is 5. The molecule has 0 fully saturated rings. The Kier molecular flexibility index (Phi) is 4.23. The summed E-state index contributed by atoms with van der Waals surface area (Å²) in [6, 6.07) is 13.1. The van der Waals surface area contributed by atoms with Crippen molar-refractivity contribution in [2.24, 2.45) is 0 Å². The first-order chi connectivity index (χ1) is 10.3. The molecule has 1 aromatic heterocycles. The van der Waals surface area contributed by atoms with Gasteiger partial charge in [0.15, 0.2) is 0 Å². The molecule has 1 aliphatic rings. The van der Waals surface area contributed by atoms with Crippen LogP contribution in [0.5, 0.6) is 0 Å². The first-order valence-electron chi connectivity index (χ1n) is 7.31. The number of benzene rings is 1. The average Bonchev–Trinajstić information content (AvgIpc) is 3.17. The molecule has 21 heavy (non-hydrogen) atoms. The van der Waals surface area contributed by atoms with Crippen LogP contribution in [0, 0.1) is 11.3 Å². The Balaban J connectivity index is 1.94. The number of nitrogens with zero attached hydrogens (tertiary/aromatic N) is 2. The van der Waals surface area contributed by atoms with Crippen molar-refractivity contribution in [3.05, 3.63) is 51.7 Å². The highest BCUT2D eigenvalue weighted by atomic mass is 32.1. The van der Waals surface area contributed by atoms with E-state index in [1.807, 2.05) is 30.5 Å². The Labute approximate surface area is 129 Å². The van der Waals surface area contributed by atoms with Crippen LogP contribution in [-0.4, -0.2) is 20.1 Å². The predicted molar refractivity (Wildman–Crippen MR) is 87.8 cm³/mol. The van der Waals surface area contributed by atoms with Gasteiger partial charge in [-0.15, -0.1) is 11.3 Å². The quantitative estimate of drug-likeness (QED) is 0.920. The van der Waals surface area contributed by atoms with E-state index in [-0.39, 0.29) is 0 Å². The minimum absolute atomic E-state index is 0.396. The van der Waals surface area contributed by atoms with Gasteiger partial charge in [-0.1, -0.05) is 12.1 Å². The van der Waals surface area contributed by atoms with Crippen LogP contribution in [0.3, 0.4) is 0 Å². The van der Waals surface area contributed by atoms with Crippen molar-refractivity contribution in [2.75, 3.05) is 25.0 Å². The summed E-state index contributed by atoms with van der Waals surface area (Å²) < 4.78 is 0. The molecule has 0 spiro atoms. The van der Waals surface area contributed by atoms with E-state index in [1.165, 1.54) is 16.1 Å². The van der Waals surface area contributed by atoms with E-state index < -0.39 is 0 Å². The minimum Gasteiger partial charge on any atom is -0.363 e. The molecule has 4 heteroatoms. The van der Waals surface area contributed by atoms with E-state index in [0.29, 0.717) is 6.04 Å². The van der Waals surface area contributed by atoms with Crippen molar-refractivity contribution >= 4 is 17.0 Å². The maximum Gasteiger partial charge on any atom is 0.0992 e. The molecule has 0 saturated carbocycles. The van der Waals surface area contributed by atoms with Crippen LogP contribution in [0.4, 0.5) is 5.69 Å². The second-order valence-electron chi connectivity index (χ2n) is 5.32. The second kappa shape index (κ2) is 6.30. The summed E-state index contributed by atoms with van der Waals surface area (Å²) in [5.74, 6) is 0. The molecule has 0 radical (unpaired) electrons. The van der Waals surface area contributed by atoms with Gasteiger partial charge in [0.25, 0.3) is 0 Å². The van der Waals surface area contributed by atoms with E-state index in [0.717, 1.165) is 31.5 Å². The predicted octanol–water partition coefficient (Wildman–Crippen LogP) is 3.33. The maximum atomic E-state index is 9.14. The van der Waals surface area contributed by atoms with Crippen LogP contribution < -0.4 is 10.2 Å². The number of anilines is 1. The van der Waals surface area contributed by atoms with Crippen molar-refractivity contribution in [2.45, 2.75) is 18.9 Å². The summed E-state index contributed by atoms with van der Waals surface area (Å²) in [6.45, 7) is 2.03. The zero-order valence-electron chi connectivity index (χ0n) is 12.2. The highest BCUT2D eigenvalue weighted by Gasteiger charge is 2.27. The molecule has 0 saturated heterocycles. The van der Waals surface area contributed by atoms with Gasteiger partial charge in [-0.3, -0.25) is 0 Å². The number of nitriles is 1. The Morgan fingerprint density at radius 2 is 2.33 bits per heavy atom. The fourth-order valence-electron chi connectivity index (χ4n) is 3.01. The standard InChI is InChI=1S/C17H19N3S/c1-19-8-6-15(17-3-2-10-21-17)20-9-7-14-5-4-13(12-18)11-16(14)20/h2-5,10-11,15,19H,6-9H2,1H3. The Hall–Kier alpha value is -1.83. The largest absolute Gasteiger partial charge is 0.363 e. The Morgan fingerprint density at radius 1 is 1.43 bits per heavy atom. The summed E-state index contributed by atoms with van der Waals surface area (Å²) in [5, 5.41) is 14.5. The molecular formula is C17H19N3S. The zero-order valence-corrected chi connectivity index (χ0v) is 13.0. The van der Waals surface area contributed by atoms with Crippen molar-refractivity contribution in [1.29, 1.82) is 5.26 Å². The second-order valence-corrected chi connectivity index (χ2v) is 6.30. The molecule has 0 aliphatic carbocycles. The third-order valence-corrected chi connectivity index (χ3v) is 5.04. The molecule has 1 atom stereocenters. The van der Waals surface area contributed by atoms with Gasteiger partial charge in [-0.05, 0) is 55.6 Å². The summed E-state index contributed by atoms with van der Waals surface area (Å²) in [5.41, 5.74) is 3.35. The van der Waals surface area contributed by atoms with E-state index in [4.69, 9.17) is 5.26 Å². The van der Waals surface area contributed by atoms with Crippen molar-refractivity contribution < 1.29 is 0 Å². The first-order valence-corrected chi connectivity index (χ1v) is 8.19. The third kappa shape index (κ3) is 2.80. The molecule has 3 rings (SSSR count). The van der Waals surface area contributed by atoms with Gasteiger partial charge in [-0.25, -0.2) is 0 Å². The van der Waals surface area contributed by atoms with Crippen molar-refractivity contribution in [1.82, 2.24) is 5.32 Å². The summed E-state index contributed by atoms with van der Waals surface area (Å²) >= 11 is 1.82. The molecular weight excluding hydrogens is 278 g/mol. The zero-order chi connectivity index (χ0) is 14.7. The minimum atomic E-state index is 0.396. The van der Waals surface area contributed by atoms with Crippen LogP contribution in [0.1, 0.15) is 28.5 Å². The van der Waals surface area contributed by atoms with Crippen LogP contribution in [0.25, 0.3) is 0 Å². The van der Waals surface area contributed by atoms with E-state index in [1.54, 1.807) is 0 Å². The number of nitrogens with one attached hydrogen (secondary N) is 1. The van der Waals surface area contributed by atoms with E-state index in [9.17, 15) is 0 Å². The maximum absolute atomic E-state index is 9.14. The summed E-state index contributed by atoms with van der Waals surface area (Å²) in [4.78, 5) is 3.87. The lowest BCUT2D eigenvalue weighted by molar-refractivity contribution is 0.576. The van der Waals surface area contributed by atoms with Crippen molar-refractivity contribution in [3.8, 4) is 6.07 Å². The molecule has 1 aliphatic heterocycles. The lowest BCUT2D eigenvalue weighted by atomic mass is 10.1. The number of thiophene rings is 1. The Morgan fingerprint density at radius 3 is 3.05 bits per heavy atom. The molecule has 0 amide bonds. The van der Waals surface area contributed by atoms with Crippen LogP contribution >= 0.6 is 11.3 Å². The fourth-order valence-corrected chi connectivity index (χ4v) is 3.88. The molecule has 1 aromatic carbocycles. The van der Waals surface area contributed by atoms with E-state index in [2.05, 4.69) is 39.9 Å². The van der Waals surface area contributed by atoms with Gasteiger partial charge in [-0.2, -0.15) is 5.26 Å². The third-order valence-electron chi connectivity index (χ3n) is 4.06. The molecule has 2 heterocycles. The molecule has 108 valence electrons. The smallest absolute Gasteiger partial charge is 0.0992 e. The molecule has 2 aromatic rings. The number of fused-ring (bicyclic) bond motifs is 1. The number of hydrogen-bond donors (Lipinski definition) is 1. The topological polar surface area (TPSA) is 39.1 Å². The summed E-state index contributed by atoms with van der Waals surface area (Å²) in [6.07, 6.45) is 2.15. The molecule has 0 bridgehead atoms. The normalized spacial score (nSPS) is 14.8. The van der Waals surface area contributed by atoms with Gasteiger partial charge in [0.2, 0.25) is 0 Å². The van der Waals surface area contributed by atoms with Gasteiger partial charge in [0.05, 0.1) is 17.7 Å². The highest BCUT2D eigenvalue weighted by molar-refractivity contribution is 7.10. The average molecular weight is 297 g/mol. The van der Waals surface area contributed by atoms with Gasteiger partial charge in [0.1, 0.15) is 0 Å². The SMILES string of the molecule is CNCCC(c1cccs1)N1CCc2ccc(C#N)cc21. The van der Waals surface area contributed by atoms with Crippen LogP contribution in [0.15, 0.2) is 35.7 Å².